The van der Waals surface area contributed by atoms with Crippen molar-refractivity contribution in [2.75, 3.05) is 0 Å². The predicted octanol–water partition coefficient (Wildman–Crippen LogP) is 5.61. The van der Waals surface area contributed by atoms with E-state index < -0.39 is 47.9 Å². The molecule has 0 spiro atoms. The number of benzene rings is 4. The molecule has 0 aliphatic carbocycles. The van der Waals surface area contributed by atoms with Gasteiger partial charge >= 0.3 is 12.1 Å². The molecular weight excluding hydrogens is 699 g/mol. The van der Waals surface area contributed by atoms with E-state index >= 15 is 0 Å². The molecule has 0 aliphatic rings. The molecule has 0 saturated carbocycles. The maximum Gasteiger partial charge on any atom is 0.408 e. The predicted molar refractivity (Wildman–Crippen MR) is 207 cm³/mol. The van der Waals surface area contributed by atoms with Crippen LogP contribution in [0.2, 0.25) is 0 Å². The summed E-state index contributed by atoms with van der Waals surface area (Å²) < 4.78 is 10.9. The monoisotopic (exact) mass is 745 g/mol. The van der Waals surface area contributed by atoms with Gasteiger partial charge in [-0.25, -0.2) is 9.78 Å². The van der Waals surface area contributed by atoms with Gasteiger partial charge < -0.3 is 35.2 Å². The number of aldehydes is 1. The molecule has 1 aromatic heterocycles. The second-order valence-corrected chi connectivity index (χ2v) is 13.8. The van der Waals surface area contributed by atoms with Gasteiger partial charge in [0.1, 0.15) is 31.6 Å². The average Bonchev–Trinajstić information content (AvgIpc) is 3.71. The molecule has 0 fully saturated rings. The Morgan fingerprint density at radius 3 is 2.00 bits per heavy atom. The zero-order valence-corrected chi connectivity index (χ0v) is 31.0. The number of rotatable bonds is 19. The fraction of sp³-hybridized carbons (Fsp3) is 0.302. The zero-order chi connectivity index (χ0) is 39.0. The van der Waals surface area contributed by atoms with Crippen LogP contribution in [0.5, 0.6) is 0 Å². The van der Waals surface area contributed by atoms with Crippen molar-refractivity contribution in [3.8, 4) is 0 Å². The Bertz CT molecular complexity index is 2000. The number of alkyl carbamates (subject to hydrolysis) is 1. The minimum absolute atomic E-state index is 0.000212. The number of imidazole rings is 1. The number of carbonyl (C=O) groups excluding carboxylic acids is 5. The fourth-order valence-electron chi connectivity index (χ4n) is 6.31. The Morgan fingerprint density at radius 2 is 1.35 bits per heavy atom. The van der Waals surface area contributed by atoms with Crippen molar-refractivity contribution in [1.29, 1.82) is 0 Å². The maximum absolute atomic E-state index is 14.2. The second-order valence-electron chi connectivity index (χ2n) is 13.8. The quantitative estimate of drug-likeness (QED) is 0.0625. The maximum atomic E-state index is 14.2. The number of esters is 1. The third kappa shape index (κ3) is 12.4. The van der Waals surface area contributed by atoms with Crippen LogP contribution in [0.25, 0.3) is 10.8 Å². The number of H-pyrrole nitrogens is 1. The van der Waals surface area contributed by atoms with Crippen LogP contribution in [0.1, 0.15) is 49.1 Å². The van der Waals surface area contributed by atoms with Gasteiger partial charge in [-0.1, -0.05) is 117 Å². The van der Waals surface area contributed by atoms with Gasteiger partial charge in [0.15, 0.2) is 0 Å². The molecule has 12 nitrogen and oxygen atoms in total. The number of hydrogen-bond donors (Lipinski definition) is 4. The van der Waals surface area contributed by atoms with E-state index in [4.69, 9.17) is 9.47 Å². The highest BCUT2D eigenvalue weighted by Crippen LogP contribution is 2.21. The number of carbonyl (C=O) groups is 5. The molecular formula is C43H47N5O7. The second kappa shape index (κ2) is 20.2. The molecule has 1 heterocycles. The standard InChI is InChI=1S/C43H47N5O7/c1-29(2)20-37(34(25-49)22-40(50)54-26-30-12-5-3-6-13-30)46-42(52)39(23-35-24-44-28-45-35)47-41(51)38(48-43(53)55-27-31-14-7-4-8-15-31)21-33-18-11-17-32-16-9-10-19-36(32)33/h3-19,24-25,28-29,34,37-39H,20-23,26-27H2,1-2H3,(H,44,45)(H,46,52)(H,47,51)(H,48,53)/t34?,37?,38-,39-/m0/s1. The van der Waals surface area contributed by atoms with Gasteiger partial charge in [-0.2, -0.15) is 0 Å². The van der Waals surface area contributed by atoms with Crippen LogP contribution in [0.3, 0.4) is 0 Å². The summed E-state index contributed by atoms with van der Waals surface area (Å²) >= 11 is 0. The Labute approximate surface area is 320 Å². The first-order chi connectivity index (χ1) is 26.7. The van der Waals surface area contributed by atoms with E-state index in [0.29, 0.717) is 18.4 Å². The number of amides is 3. The van der Waals surface area contributed by atoms with E-state index in [-0.39, 0.29) is 38.4 Å². The van der Waals surface area contributed by atoms with Crippen LogP contribution in [0.4, 0.5) is 4.79 Å². The lowest BCUT2D eigenvalue weighted by Gasteiger charge is -2.28. The van der Waals surface area contributed by atoms with Crippen molar-refractivity contribution >= 4 is 40.9 Å². The Hall–Kier alpha value is -6.30. The molecule has 0 radical (unpaired) electrons. The average molecular weight is 746 g/mol. The van der Waals surface area contributed by atoms with E-state index in [1.54, 1.807) is 6.20 Å². The number of fused-ring (bicyclic) bond motifs is 1. The fourth-order valence-corrected chi connectivity index (χ4v) is 6.31. The number of nitrogens with zero attached hydrogens (tertiary/aromatic N) is 1. The first-order valence-corrected chi connectivity index (χ1v) is 18.4. The molecule has 55 heavy (non-hydrogen) atoms. The summed E-state index contributed by atoms with van der Waals surface area (Å²) in [6.45, 7) is 3.93. The van der Waals surface area contributed by atoms with Crippen molar-refractivity contribution in [3.63, 3.8) is 0 Å². The Kier molecular flexibility index (Phi) is 14.7. The minimum atomic E-state index is -1.17. The molecule has 0 bridgehead atoms. The highest BCUT2D eigenvalue weighted by Gasteiger charge is 2.32. The van der Waals surface area contributed by atoms with Crippen molar-refractivity contribution in [2.24, 2.45) is 11.8 Å². The highest BCUT2D eigenvalue weighted by molar-refractivity contribution is 5.93. The molecule has 4 atom stereocenters. The third-order valence-corrected chi connectivity index (χ3v) is 9.12. The van der Waals surface area contributed by atoms with Crippen LogP contribution in [0.15, 0.2) is 116 Å². The number of aromatic amines is 1. The van der Waals surface area contributed by atoms with E-state index in [1.165, 1.54) is 6.33 Å². The number of nitrogens with one attached hydrogen (secondary N) is 4. The summed E-state index contributed by atoms with van der Waals surface area (Å²) in [6.07, 6.45) is 3.16. The molecule has 12 heteroatoms. The van der Waals surface area contributed by atoms with Crippen molar-refractivity contribution in [3.05, 3.63) is 138 Å². The molecule has 5 aromatic rings. The Balaban J connectivity index is 1.34. The molecule has 2 unspecified atom stereocenters. The lowest BCUT2D eigenvalue weighted by molar-refractivity contribution is -0.147. The largest absolute Gasteiger partial charge is 0.461 e. The molecule has 286 valence electrons. The third-order valence-electron chi connectivity index (χ3n) is 9.12. The van der Waals surface area contributed by atoms with Crippen molar-refractivity contribution < 1.29 is 33.4 Å². The summed E-state index contributed by atoms with van der Waals surface area (Å²) in [5.74, 6) is -2.63. The van der Waals surface area contributed by atoms with Crippen LogP contribution in [-0.4, -0.2) is 58.3 Å². The van der Waals surface area contributed by atoms with Gasteiger partial charge in [0.25, 0.3) is 0 Å². The smallest absolute Gasteiger partial charge is 0.408 e. The van der Waals surface area contributed by atoms with E-state index in [9.17, 15) is 24.0 Å². The SMILES string of the molecule is CC(C)CC(NC(=O)[C@H](Cc1c[nH]cn1)NC(=O)[C@H](Cc1cccc2ccccc12)NC(=O)OCc1ccccc1)C(C=O)CC(=O)OCc1ccccc1. The van der Waals surface area contributed by atoms with Crippen LogP contribution in [0, 0.1) is 11.8 Å². The topological polar surface area (TPSA) is 169 Å². The van der Waals surface area contributed by atoms with Gasteiger partial charge in [-0.05, 0) is 39.8 Å². The first-order valence-electron chi connectivity index (χ1n) is 18.4. The lowest BCUT2D eigenvalue weighted by Crippen LogP contribution is -2.57. The number of hydrogen-bond acceptors (Lipinski definition) is 8. The summed E-state index contributed by atoms with van der Waals surface area (Å²) in [6, 6.07) is 28.7. The van der Waals surface area contributed by atoms with Gasteiger partial charge in [0.05, 0.1) is 18.4 Å². The molecule has 5 rings (SSSR count). The van der Waals surface area contributed by atoms with Gasteiger partial charge in [-0.15, -0.1) is 0 Å². The van der Waals surface area contributed by atoms with Gasteiger partial charge in [0, 0.05) is 31.0 Å². The van der Waals surface area contributed by atoms with Crippen LogP contribution in [-0.2, 0) is 54.7 Å². The van der Waals surface area contributed by atoms with Gasteiger partial charge in [0.2, 0.25) is 11.8 Å². The lowest BCUT2D eigenvalue weighted by atomic mass is 9.90. The van der Waals surface area contributed by atoms with E-state index in [1.807, 2.05) is 117 Å². The van der Waals surface area contributed by atoms with Crippen molar-refractivity contribution in [2.45, 2.75) is 70.9 Å². The van der Waals surface area contributed by atoms with Gasteiger partial charge in [-0.3, -0.25) is 14.4 Å². The molecule has 0 saturated heterocycles. The summed E-state index contributed by atoms with van der Waals surface area (Å²) in [5.41, 5.74) is 2.88. The zero-order valence-electron chi connectivity index (χ0n) is 31.0. The van der Waals surface area contributed by atoms with Crippen LogP contribution >= 0.6 is 0 Å². The highest BCUT2D eigenvalue weighted by atomic mass is 16.5. The molecule has 0 aliphatic heterocycles. The molecule has 3 amide bonds. The van der Waals surface area contributed by atoms with Crippen LogP contribution < -0.4 is 16.0 Å². The van der Waals surface area contributed by atoms with Crippen molar-refractivity contribution in [1.82, 2.24) is 25.9 Å². The number of ether oxygens (including phenoxy) is 2. The van der Waals surface area contributed by atoms with E-state index in [0.717, 1.165) is 27.5 Å². The Morgan fingerprint density at radius 1 is 0.727 bits per heavy atom. The van der Waals surface area contributed by atoms with E-state index in [2.05, 4.69) is 25.9 Å². The molecule has 4 N–H and O–H groups in total. The number of aromatic nitrogens is 2. The first kappa shape index (κ1) is 39.9. The molecule has 4 aromatic carbocycles. The summed E-state index contributed by atoms with van der Waals surface area (Å²) in [5, 5.41) is 10.4. The normalized spacial score (nSPS) is 13.2. The summed E-state index contributed by atoms with van der Waals surface area (Å²) in [7, 11) is 0. The minimum Gasteiger partial charge on any atom is -0.461 e. The summed E-state index contributed by atoms with van der Waals surface area (Å²) in [4.78, 5) is 73.9.